The Balaban J connectivity index is 2.39. The van der Waals surface area contributed by atoms with Gasteiger partial charge < -0.3 is 4.84 Å². The minimum absolute atomic E-state index is 0.577. The fourth-order valence-corrected chi connectivity index (χ4v) is 1.29. The smallest absolute Gasteiger partial charge is 0.120 e. The van der Waals surface area contributed by atoms with Gasteiger partial charge in [-0.25, -0.2) is 0 Å². The lowest BCUT2D eigenvalue weighted by atomic mass is 10.2. The molecule has 1 aromatic carbocycles. The number of hydrogen-bond donors (Lipinski definition) is 0. The van der Waals surface area contributed by atoms with Crippen LogP contribution in [0.25, 0.3) is 0 Å². The maximum absolute atomic E-state index is 5.00. The number of benzene rings is 1. The van der Waals surface area contributed by atoms with E-state index in [1.807, 2.05) is 24.3 Å². The van der Waals surface area contributed by atoms with Gasteiger partial charge in [0.2, 0.25) is 0 Å². The van der Waals surface area contributed by atoms with Crippen molar-refractivity contribution in [1.82, 2.24) is 0 Å². The Bertz CT molecular complexity index is 323. The molecule has 0 aliphatic rings. The first kappa shape index (κ1) is 11.0. The van der Waals surface area contributed by atoms with Crippen molar-refractivity contribution < 1.29 is 4.84 Å². The molecule has 2 nitrogen and oxygen atoms in total. The summed E-state index contributed by atoms with van der Waals surface area (Å²) in [6.45, 7) is 4.17. The van der Waals surface area contributed by atoms with Gasteiger partial charge in [0, 0.05) is 10.9 Å². The monoisotopic (exact) mass is 253 g/mol. The van der Waals surface area contributed by atoms with Gasteiger partial charge in [-0.05, 0) is 17.7 Å². The van der Waals surface area contributed by atoms with Crippen LogP contribution in [0, 0.1) is 0 Å². The highest BCUT2D eigenvalue weighted by molar-refractivity contribution is 9.10. The second kappa shape index (κ2) is 6.38. The molecule has 3 heteroatoms. The maximum atomic E-state index is 5.00. The highest BCUT2D eigenvalue weighted by Gasteiger charge is 1.88. The topological polar surface area (TPSA) is 21.6 Å². The molecule has 1 rings (SSSR count). The van der Waals surface area contributed by atoms with E-state index in [2.05, 4.69) is 27.7 Å². The Hall–Kier alpha value is -1.09. The van der Waals surface area contributed by atoms with Crippen LogP contribution in [0.3, 0.4) is 0 Å². The van der Waals surface area contributed by atoms with Gasteiger partial charge in [0.25, 0.3) is 0 Å². The van der Waals surface area contributed by atoms with Gasteiger partial charge in [0.15, 0.2) is 0 Å². The van der Waals surface area contributed by atoms with E-state index in [9.17, 15) is 0 Å². The lowest BCUT2D eigenvalue weighted by Gasteiger charge is -1.95. The Morgan fingerprint density at radius 3 is 3.07 bits per heavy atom. The van der Waals surface area contributed by atoms with Crippen molar-refractivity contribution in [3.63, 3.8) is 0 Å². The number of halogens is 1. The van der Waals surface area contributed by atoms with Crippen LogP contribution < -0.4 is 0 Å². The van der Waals surface area contributed by atoms with Gasteiger partial charge in [-0.15, -0.1) is 6.58 Å². The van der Waals surface area contributed by atoms with Gasteiger partial charge in [0.05, 0.1) is 6.21 Å². The lowest BCUT2D eigenvalue weighted by Crippen LogP contribution is -1.86. The van der Waals surface area contributed by atoms with Gasteiger partial charge in [0.1, 0.15) is 6.61 Å². The van der Waals surface area contributed by atoms with E-state index >= 15 is 0 Å². The molecule has 0 heterocycles. The predicted octanol–water partition coefficient (Wildman–Crippen LogP) is 3.38. The molecule has 0 fully saturated rings. The molecule has 14 heavy (non-hydrogen) atoms. The van der Waals surface area contributed by atoms with Crippen LogP contribution in [-0.2, 0) is 4.84 Å². The average molecular weight is 254 g/mol. The summed E-state index contributed by atoms with van der Waals surface area (Å²) in [5, 5.41) is 3.83. The summed E-state index contributed by atoms with van der Waals surface area (Å²) in [5.41, 5.74) is 1.01. The highest BCUT2D eigenvalue weighted by atomic mass is 79.9. The number of oxime groups is 1. The van der Waals surface area contributed by atoms with E-state index in [0.717, 1.165) is 16.5 Å². The van der Waals surface area contributed by atoms with Crippen molar-refractivity contribution in [3.8, 4) is 0 Å². The second-order valence-corrected chi connectivity index (χ2v) is 3.62. The van der Waals surface area contributed by atoms with Crippen LogP contribution in [0.5, 0.6) is 0 Å². The third-order valence-corrected chi connectivity index (χ3v) is 2.03. The molecule has 0 radical (unpaired) electrons. The van der Waals surface area contributed by atoms with Crippen molar-refractivity contribution in [1.29, 1.82) is 0 Å². The van der Waals surface area contributed by atoms with Crippen molar-refractivity contribution in [2.45, 2.75) is 6.42 Å². The average Bonchev–Trinajstić information content (AvgIpc) is 2.18. The zero-order chi connectivity index (χ0) is 10.2. The van der Waals surface area contributed by atoms with E-state index in [0.29, 0.717) is 6.61 Å². The first-order valence-electron chi connectivity index (χ1n) is 4.34. The Morgan fingerprint density at radius 1 is 1.50 bits per heavy atom. The molecule has 0 aliphatic carbocycles. The fraction of sp³-hybridized carbons (Fsp3) is 0.182. The van der Waals surface area contributed by atoms with E-state index in [-0.39, 0.29) is 0 Å². The summed E-state index contributed by atoms with van der Waals surface area (Å²) in [4.78, 5) is 5.00. The Labute approximate surface area is 92.4 Å². The van der Waals surface area contributed by atoms with Gasteiger partial charge >= 0.3 is 0 Å². The molecule has 0 saturated carbocycles. The zero-order valence-corrected chi connectivity index (χ0v) is 9.40. The van der Waals surface area contributed by atoms with Crippen LogP contribution in [0.2, 0.25) is 0 Å². The number of hydrogen-bond acceptors (Lipinski definition) is 2. The van der Waals surface area contributed by atoms with Gasteiger partial charge in [-0.3, -0.25) is 0 Å². The molecule has 0 aliphatic heterocycles. The summed E-state index contributed by atoms with van der Waals surface area (Å²) in [6, 6.07) is 7.86. The molecule has 1 aromatic rings. The highest BCUT2D eigenvalue weighted by Crippen LogP contribution is 2.09. The van der Waals surface area contributed by atoms with Crippen LogP contribution in [0.4, 0.5) is 0 Å². The standard InChI is InChI=1S/C11H12BrNO/c1-2-3-7-14-13-9-10-5-4-6-11(12)8-10/h2,4-6,8-9H,1,3,7H2. The third-order valence-electron chi connectivity index (χ3n) is 1.54. The second-order valence-electron chi connectivity index (χ2n) is 2.70. The Morgan fingerprint density at radius 2 is 2.36 bits per heavy atom. The predicted molar refractivity (Wildman–Crippen MR) is 62.5 cm³/mol. The van der Waals surface area contributed by atoms with Crippen molar-refractivity contribution in [2.75, 3.05) is 6.61 Å². The molecule has 74 valence electrons. The van der Waals surface area contributed by atoms with E-state index in [1.54, 1.807) is 12.3 Å². The molecule has 0 unspecified atom stereocenters. The normalized spacial score (nSPS) is 10.4. The summed E-state index contributed by atoms with van der Waals surface area (Å²) in [7, 11) is 0. The molecule has 0 amide bonds. The largest absolute Gasteiger partial charge is 0.395 e. The minimum atomic E-state index is 0.577. The molecular weight excluding hydrogens is 242 g/mol. The summed E-state index contributed by atoms with van der Waals surface area (Å²) >= 11 is 3.38. The van der Waals surface area contributed by atoms with Crippen molar-refractivity contribution >= 4 is 22.1 Å². The summed E-state index contributed by atoms with van der Waals surface area (Å²) in [6.07, 6.45) is 4.30. The van der Waals surface area contributed by atoms with Gasteiger partial charge in [-0.1, -0.05) is 39.3 Å². The van der Waals surface area contributed by atoms with E-state index in [1.165, 1.54) is 0 Å². The van der Waals surface area contributed by atoms with Crippen LogP contribution in [0.15, 0.2) is 46.5 Å². The Kier molecular flexibility index (Phi) is 5.00. The van der Waals surface area contributed by atoms with E-state index in [4.69, 9.17) is 4.84 Å². The van der Waals surface area contributed by atoms with E-state index < -0.39 is 0 Å². The molecule has 0 spiro atoms. The molecule has 0 saturated heterocycles. The third kappa shape index (κ3) is 4.23. The lowest BCUT2D eigenvalue weighted by molar-refractivity contribution is 0.151. The van der Waals surface area contributed by atoms with Crippen LogP contribution in [0.1, 0.15) is 12.0 Å². The first-order chi connectivity index (χ1) is 6.83. The summed E-state index contributed by atoms with van der Waals surface area (Å²) in [5.74, 6) is 0. The van der Waals surface area contributed by atoms with Crippen molar-refractivity contribution in [2.24, 2.45) is 5.16 Å². The maximum Gasteiger partial charge on any atom is 0.120 e. The fourth-order valence-electron chi connectivity index (χ4n) is 0.874. The number of rotatable bonds is 5. The minimum Gasteiger partial charge on any atom is -0.395 e. The van der Waals surface area contributed by atoms with Gasteiger partial charge in [-0.2, -0.15) is 0 Å². The summed E-state index contributed by atoms with van der Waals surface area (Å²) < 4.78 is 1.03. The number of nitrogens with zero attached hydrogens (tertiary/aromatic N) is 1. The molecule has 0 aromatic heterocycles. The first-order valence-corrected chi connectivity index (χ1v) is 5.14. The molecular formula is C11H12BrNO. The van der Waals surface area contributed by atoms with Crippen LogP contribution in [-0.4, -0.2) is 12.8 Å². The molecule has 0 N–H and O–H groups in total. The molecule has 0 bridgehead atoms. The zero-order valence-electron chi connectivity index (χ0n) is 7.82. The van der Waals surface area contributed by atoms with Crippen molar-refractivity contribution in [3.05, 3.63) is 47.0 Å². The molecule has 0 atom stereocenters. The quantitative estimate of drug-likeness (QED) is 0.341. The SMILES string of the molecule is C=CCCON=Cc1cccc(Br)c1. The van der Waals surface area contributed by atoms with Crippen LogP contribution >= 0.6 is 15.9 Å².